The van der Waals surface area contributed by atoms with Crippen molar-refractivity contribution < 1.29 is 0 Å². The van der Waals surface area contributed by atoms with Gasteiger partial charge in [0, 0.05) is 0 Å². The summed E-state index contributed by atoms with van der Waals surface area (Å²) in [5.74, 6) is 0.741. The Kier molecular flexibility index (Phi) is 5.79. The second kappa shape index (κ2) is 5.39. The normalized spacial score (nSPS) is 13.3. The molecule has 0 atom stereocenters. The first-order valence-electron chi connectivity index (χ1n) is 3.92. The number of nitrogens with zero attached hydrogens (tertiary/aromatic N) is 2. The monoisotopic (exact) mass is 152 g/mol. The summed E-state index contributed by atoms with van der Waals surface area (Å²) < 4.78 is 1.39. The maximum atomic E-state index is 2.32. The van der Waals surface area contributed by atoms with E-state index < -0.39 is 0 Å². The molecule has 0 aromatic carbocycles. The van der Waals surface area contributed by atoms with E-state index in [9.17, 15) is 0 Å². The molecule has 0 aliphatic carbocycles. The van der Waals surface area contributed by atoms with E-state index in [0.717, 1.165) is 5.79 Å². The minimum atomic E-state index is 0.0926. The summed E-state index contributed by atoms with van der Waals surface area (Å²) in [6.07, 6.45) is 0. The van der Waals surface area contributed by atoms with Crippen LogP contribution in [0.5, 0.6) is 0 Å². The second-order valence-electron chi connectivity index (χ2n) is 3.20. The van der Waals surface area contributed by atoms with Crippen LogP contribution in [0.4, 0.5) is 0 Å². The third kappa shape index (κ3) is 3.79. The Balaban J connectivity index is 3.73. The molecule has 10 heavy (non-hydrogen) atoms. The third-order valence-electron chi connectivity index (χ3n) is 1.74. The van der Waals surface area contributed by atoms with Gasteiger partial charge in [0.05, 0.1) is 0 Å². The molecule has 4 heteroatoms. The zero-order valence-corrected chi connectivity index (χ0v) is 9.30. The van der Waals surface area contributed by atoms with Crippen LogP contribution < -0.4 is 0 Å². The Morgan fingerprint density at radius 1 is 1.20 bits per heavy atom. The summed E-state index contributed by atoms with van der Waals surface area (Å²) in [5, 5.41) is 0. The maximum absolute atomic E-state index is 2.32. The molecular formula is C6H17LiN2Si. The molecule has 0 amide bonds. The number of hydrogen-bond donors (Lipinski definition) is 0. The van der Waals surface area contributed by atoms with E-state index in [2.05, 4.69) is 55.7 Å². The molecule has 0 aromatic heterocycles. The third-order valence-corrected chi connectivity index (χ3v) is 4.29. The topological polar surface area (TPSA) is 6.48 Å². The van der Waals surface area contributed by atoms with Crippen molar-refractivity contribution in [1.29, 1.82) is 0 Å². The van der Waals surface area contributed by atoms with E-state index in [-0.39, 0.29) is 9.52 Å². The van der Waals surface area contributed by atoms with E-state index >= 15 is 0 Å². The van der Waals surface area contributed by atoms with Gasteiger partial charge < -0.3 is 0 Å². The van der Waals surface area contributed by atoms with Gasteiger partial charge in [-0.05, 0) is 0 Å². The van der Waals surface area contributed by atoms with Crippen LogP contribution in [0.2, 0.25) is 4.72 Å². The van der Waals surface area contributed by atoms with Crippen molar-refractivity contribution in [3.63, 3.8) is 0 Å². The minimum absolute atomic E-state index is 0.0926. The van der Waals surface area contributed by atoms with Crippen molar-refractivity contribution in [3.05, 3.63) is 0 Å². The van der Waals surface area contributed by atoms with Gasteiger partial charge in [-0.3, -0.25) is 0 Å². The first-order chi connectivity index (χ1) is 4.59. The van der Waals surface area contributed by atoms with E-state index in [1.807, 2.05) is 0 Å². The van der Waals surface area contributed by atoms with Gasteiger partial charge in [-0.25, -0.2) is 0 Å². The van der Waals surface area contributed by atoms with Crippen LogP contribution in [-0.4, -0.2) is 71.0 Å². The molecule has 0 aromatic rings. The fourth-order valence-corrected chi connectivity index (χ4v) is 2.79. The molecule has 0 aliphatic rings. The van der Waals surface area contributed by atoms with Gasteiger partial charge in [0.25, 0.3) is 0 Å². The Morgan fingerprint density at radius 3 is 1.70 bits per heavy atom. The molecule has 0 N–H and O–H groups in total. The average molecular weight is 152 g/mol. The summed E-state index contributed by atoms with van der Waals surface area (Å²) in [5.41, 5.74) is 0. The molecule has 0 radical (unpaired) electrons. The molecule has 0 bridgehead atoms. The second-order valence-corrected chi connectivity index (χ2v) is 5.50. The molecule has 0 rings (SSSR count). The van der Waals surface area contributed by atoms with Crippen molar-refractivity contribution >= 4 is 27.2 Å². The van der Waals surface area contributed by atoms with E-state index in [4.69, 9.17) is 0 Å². The fraction of sp³-hybridized carbons (Fsp3) is 1.00. The van der Waals surface area contributed by atoms with E-state index in [1.54, 1.807) is 0 Å². The quantitative estimate of drug-likeness (QED) is 0.381. The van der Waals surface area contributed by atoms with Gasteiger partial charge in [0.15, 0.2) is 0 Å². The van der Waals surface area contributed by atoms with Gasteiger partial charge in [-0.15, -0.1) is 0 Å². The summed E-state index contributed by atoms with van der Waals surface area (Å²) in [4.78, 5) is 4.63. The number of rotatable bonds is 4. The predicted octanol–water partition coefficient (Wildman–Crippen LogP) is -0.894. The van der Waals surface area contributed by atoms with Crippen LogP contribution in [-0.2, 0) is 0 Å². The molecule has 56 valence electrons. The molecule has 0 fully saturated rings. The first kappa shape index (κ1) is 10.7. The molecule has 0 heterocycles. The zero-order valence-electron chi connectivity index (χ0n) is 7.89. The van der Waals surface area contributed by atoms with Crippen LogP contribution in [0.25, 0.3) is 0 Å². The molecule has 0 saturated carbocycles. The van der Waals surface area contributed by atoms with Crippen molar-refractivity contribution in [1.82, 2.24) is 9.80 Å². The standard InChI is InChI=1S/C6H17N2Si.Li/c1-7(2)6(9-5)8(3)4;/h6H,5,9H2,1-4H3;. The molecule has 0 aliphatic heterocycles. The Hall–Kier alpha value is 0.734. The Morgan fingerprint density at radius 2 is 1.60 bits per heavy atom. The SMILES string of the molecule is [Li][CH2][SiH2]C(N(C)C)N(C)C. The van der Waals surface area contributed by atoms with Crippen LogP contribution in [0, 0.1) is 0 Å². The first-order valence-corrected chi connectivity index (χ1v) is 5.74. The average Bonchev–Trinajstić information content (AvgIpc) is 1.81. The van der Waals surface area contributed by atoms with E-state index in [0.29, 0.717) is 0 Å². The van der Waals surface area contributed by atoms with Gasteiger partial charge >= 0.3 is 75.7 Å². The van der Waals surface area contributed by atoms with Gasteiger partial charge in [-0.2, -0.15) is 0 Å². The summed E-state index contributed by atoms with van der Waals surface area (Å²) >= 11 is 2.28. The molecule has 0 unspecified atom stereocenters. The van der Waals surface area contributed by atoms with E-state index in [1.165, 1.54) is 4.72 Å². The van der Waals surface area contributed by atoms with Crippen molar-refractivity contribution in [2.24, 2.45) is 0 Å². The van der Waals surface area contributed by atoms with Crippen LogP contribution >= 0.6 is 0 Å². The van der Waals surface area contributed by atoms with Crippen molar-refractivity contribution in [2.45, 2.75) is 10.5 Å². The molecular weight excluding hydrogens is 135 g/mol. The van der Waals surface area contributed by atoms with Crippen LogP contribution in [0.3, 0.4) is 0 Å². The Bertz CT molecular complexity index is 79.8. The van der Waals surface area contributed by atoms with Gasteiger partial charge in [0.1, 0.15) is 0 Å². The fourth-order valence-electron chi connectivity index (χ4n) is 1.24. The van der Waals surface area contributed by atoms with Gasteiger partial charge in [-0.1, -0.05) is 0 Å². The summed E-state index contributed by atoms with van der Waals surface area (Å²) in [7, 11) is 8.73. The molecule has 0 spiro atoms. The summed E-state index contributed by atoms with van der Waals surface area (Å²) in [6.45, 7) is 0. The Labute approximate surface area is 76.0 Å². The van der Waals surface area contributed by atoms with Crippen molar-refractivity contribution in [2.75, 3.05) is 28.2 Å². The van der Waals surface area contributed by atoms with Crippen LogP contribution in [0.1, 0.15) is 0 Å². The summed E-state index contributed by atoms with van der Waals surface area (Å²) in [6, 6.07) is 0. The zero-order chi connectivity index (χ0) is 8.15. The molecule has 2 nitrogen and oxygen atoms in total. The van der Waals surface area contributed by atoms with Crippen molar-refractivity contribution in [3.8, 4) is 0 Å². The molecule has 0 saturated heterocycles. The number of hydrogen-bond acceptors (Lipinski definition) is 2. The van der Waals surface area contributed by atoms with Crippen LogP contribution in [0.15, 0.2) is 0 Å². The predicted molar refractivity (Wildman–Crippen MR) is 50.3 cm³/mol. The van der Waals surface area contributed by atoms with Gasteiger partial charge in [0.2, 0.25) is 0 Å².